The first kappa shape index (κ1) is 19.0. The highest BCUT2D eigenvalue weighted by molar-refractivity contribution is 5.97. The molecule has 1 aromatic carbocycles. The molecular weight excluding hydrogens is 354 g/mol. The summed E-state index contributed by atoms with van der Waals surface area (Å²) in [6, 6.07) is 6.82. The summed E-state index contributed by atoms with van der Waals surface area (Å²) in [5.41, 5.74) is 0.904. The summed E-state index contributed by atoms with van der Waals surface area (Å²) in [7, 11) is 1.57. The topological polar surface area (TPSA) is 87.3 Å². The van der Waals surface area contributed by atoms with Crippen LogP contribution in [-0.4, -0.2) is 31.3 Å². The molecule has 6 heteroatoms. The van der Waals surface area contributed by atoms with Gasteiger partial charge in [0.05, 0.1) is 0 Å². The lowest BCUT2D eigenvalue weighted by molar-refractivity contribution is -0.146. The number of benzene rings is 1. The fraction of sp³-hybridized carbons (Fsp3) is 0.591. The summed E-state index contributed by atoms with van der Waals surface area (Å²) >= 11 is 0. The van der Waals surface area contributed by atoms with E-state index < -0.39 is 0 Å². The number of hydrogen-bond donors (Lipinski definition) is 3. The largest absolute Gasteiger partial charge is 0.355 e. The van der Waals surface area contributed by atoms with Gasteiger partial charge in [-0.05, 0) is 74.5 Å². The fourth-order valence-corrected chi connectivity index (χ4v) is 5.97. The van der Waals surface area contributed by atoms with Crippen molar-refractivity contribution >= 4 is 23.4 Å². The number of anilines is 1. The van der Waals surface area contributed by atoms with Crippen molar-refractivity contribution in [2.75, 3.05) is 18.9 Å². The van der Waals surface area contributed by atoms with Gasteiger partial charge >= 0.3 is 0 Å². The highest BCUT2D eigenvalue weighted by Crippen LogP contribution is 2.60. The number of carbonyl (C=O) groups is 3. The average Bonchev–Trinajstić information content (AvgIpc) is 2.66. The fourth-order valence-electron chi connectivity index (χ4n) is 5.97. The predicted octanol–water partition coefficient (Wildman–Crippen LogP) is 2.71. The van der Waals surface area contributed by atoms with Crippen molar-refractivity contribution in [3.8, 4) is 0 Å². The van der Waals surface area contributed by atoms with Crippen LogP contribution in [0.1, 0.15) is 55.3 Å². The van der Waals surface area contributed by atoms with Gasteiger partial charge in [0.15, 0.2) is 0 Å². The van der Waals surface area contributed by atoms with Crippen LogP contribution < -0.4 is 16.0 Å². The van der Waals surface area contributed by atoms with Gasteiger partial charge < -0.3 is 16.0 Å². The smallest absolute Gasteiger partial charge is 0.251 e. The standard InChI is InChI=1S/C22H29N3O3/c1-23-20(27)17-3-2-4-18(10-17)25-19(26)5-6-24-21(28)22-11-14-7-15(12-22)9-16(8-14)13-22/h2-4,10,14-16H,5-9,11-13H2,1H3,(H,23,27)(H,24,28)(H,25,26). The van der Waals surface area contributed by atoms with Crippen molar-refractivity contribution in [2.24, 2.45) is 23.2 Å². The maximum absolute atomic E-state index is 12.9. The Balaban J connectivity index is 1.27. The Kier molecular flexibility index (Phi) is 5.13. The molecule has 5 rings (SSSR count). The van der Waals surface area contributed by atoms with Gasteiger partial charge in [-0.1, -0.05) is 6.07 Å². The lowest BCUT2D eigenvalue weighted by atomic mass is 9.49. The van der Waals surface area contributed by atoms with Crippen LogP contribution in [0.3, 0.4) is 0 Å². The van der Waals surface area contributed by atoms with E-state index in [1.165, 1.54) is 19.3 Å². The summed E-state index contributed by atoms with van der Waals surface area (Å²) < 4.78 is 0. The van der Waals surface area contributed by atoms with E-state index >= 15 is 0 Å². The molecule has 4 bridgehead atoms. The van der Waals surface area contributed by atoms with E-state index in [4.69, 9.17) is 0 Å². The minimum Gasteiger partial charge on any atom is -0.355 e. The summed E-state index contributed by atoms with van der Waals surface area (Å²) in [6.07, 6.45) is 7.25. The second kappa shape index (κ2) is 7.57. The lowest BCUT2D eigenvalue weighted by Gasteiger charge is -2.55. The van der Waals surface area contributed by atoms with Crippen LogP contribution in [0.4, 0.5) is 5.69 Å². The monoisotopic (exact) mass is 383 g/mol. The molecule has 0 unspecified atom stereocenters. The van der Waals surface area contributed by atoms with Crippen LogP contribution in [0, 0.1) is 23.2 Å². The van der Waals surface area contributed by atoms with Crippen molar-refractivity contribution in [1.82, 2.24) is 10.6 Å². The number of carbonyl (C=O) groups excluding carboxylic acids is 3. The minimum absolute atomic E-state index is 0.154. The molecule has 0 atom stereocenters. The Morgan fingerprint density at radius 3 is 2.29 bits per heavy atom. The SMILES string of the molecule is CNC(=O)c1cccc(NC(=O)CCNC(=O)C23CC4CC(CC(C4)C2)C3)c1. The highest BCUT2D eigenvalue weighted by atomic mass is 16.2. The van der Waals surface area contributed by atoms with E-state index in [2.05, 4.69) is 16.0 Å². The molecule has 0 heterocycles. The van der Waals surface area contributed by atoms with Gasteiger partial charge in [-0.3, -0.25) is 14.4 Å². The molecule has 3 N–H and O–H groups in total. The Morgan fingerprint density at radius 1 is 1.04 bits per heavy atom. The minimum atomic E-state index is -0.195. The molecule has 0 saturated heterocycles. The van der Waals surface area contributed by atoms with E-state index in [0.717, 1.165) is 37.0 Å². The van der Waals surface area contributed by atoms with E-state index in [9.17, 15) is 14.4 Å². The first-order chi connectivity index (χ1) is 13.5. The van der Waals surface area contributed by atoms with Crippen molar-refractivity contribution in [1.29, 1.82) is 0 Å². The molecule has 3 amide bonds. The first-order valence-corrected chi connectivity index (χ1v) is 10.4. The van der Waals surface area contributed by atoms with E-state index in [1.54, 1.807) is 31.3 Å². The number of rotatable bonds is 6. The Hall–Kier alpha value is -2.37. The highest BCUT2D eigenvalue weighted by Gasteiger charge is 2.54. The van der Waals surface area contributed by atoms with E-state index in [-0.39, 0.29) is 29.6 Å². The number of hydrogen-bond acceptors (Lipinski definition) is 3. The van der Waals surface area contributed by atoms with Gasteiger partial charge in [-0.25, -0.2) is 0 Å². The number of nitrogens with one attached hydrogen (secondary N) is 3. The molecule has 4 aliphatic carbocycles. The average molecular weight is 383 g/mol. The van der Waals surface area contributed by atoms with Crippen LogP contribution in [-0.2, 0) is 9.59 Å². The Bertz CT molecular complexity index is 754. The van der Waals surface area contributed by atoms with Gasteiger partial charge in [0.2, 0.25) is 11.8 Å². The van der Waals surface area contributed by atoms with Gasteiger partial charge in [0.1, 0.15) is 0 Å². The quantitative estimate of drug-likeness (QED) is 0.706. The molecule has 150 valence electrons. The summed E-state index contributed by atoms with van der Waals surface area (Å²) in [5, 5.41) is 8.39. The summed E-state index contributed by atoms with van der Waals surface area (Å²) in [6.45, 7) is 0.349. The lowest BCUT2D eigenvalue weighted by Crippen LogP contribution is -2.53. The van der Waals surface area contributed by atoms with Crippen LogP contribution >= 0.6 is 0 Å². The Morgan fingerprint density at radius 2 is 1.68 bits per heavy atom. The molecule has 0 spiro atoms. The zero-order chi connectivity index (χ0) is 19.7. The molecule has 28 heavy (non-hydrogen) atoms. The maximum atomic E-state index is 12.9. The third-order valence-electron chi connectivity index (χ3n) is 6.79. The normalized spacial score (nSPS) is 30.0. The van der Waals surface area contributed by atoms with Crippen LogP contribution in [0.5, 0.6) is 0 Å². The molecule has 4 saturated carbocycles. The molecule has 1 aromatic rings. The summed E-state index contributed by atoms with van der Waals surface area (Å²) in [5.74, 6) is 1.98. The molecular formula is C22H29N3O3. The molecule has 0 aliphatic heterocycles. The molecule has 4 aliphatic rings. The maximum Gasteiger partial charge on any atom is 0.251 e. The van der Waals surface area contributed by atoms with E-state index in [0.29, 0.717) is 17.8 Å². The second-order valence-corrected chi connectivity index (χ2v) is 8.91. The number of amides is 3. The van der Waals surface area contributed by atoms with Gasteiger partial charge in [0, 0.05) is 36.7 Å². The van der Waals surface area contributed by atoms with Crippen molar-refractivity contribution in [3.05, 3.63) is 29.8 Å². The van der Waals surface area contributed by atoms with Gasteiger partial charge in [0.25, 0.3) is 5.91 Å². The van der Waals surface area contributed by atoms with Crippen LogP contribution in [0.2, 0.25) is 0 Å². The van der Waals surface area contributed by atoms with Crippen molar-refractivity contribution < 1.29 is 14.4 Å². The predicted molar refractivity (Wildman–Crippen MR) is 107 cm³/mol. The van der Waals surface area contributed by atoms with Gasteiger partial charge in [-0.2, -0.15) is 0 Å². The van der Waals surface area contributed by atoms with E-state index in [1.807, 2.05) is 0 Å². The van der Waals surface area contributed by atoms with Crippen molar-refractivity contribution in [3.63, 3.8) is 0 Å². The molecule has 4 fully saturated rings. The molecule has 0 radical (unpaired) electrons. The zero-order valence-corrected chi connectivity index (χ0v) is 16.4. The zero-order valence-electron chi connectivity index (χ0n) is 16.4. The summed E-state index contributed by atoms with van der Waals surface area (Å²) in [4.78, 5) is 36.8. The third-order valence-corrected chi connectivity index (χ3v) is 6.79. The Labute approximate surface area is 165 Å². The molecule has 0 aromatic heterocycles. The van der Waals surface area contributed by atoms with Crippen molar-refractivity contribution in [2.45, 2.75) is 44.9 Å². The van der Waals surface area contributed by atoms with Crippen LogP contribution in [0.25, 0.3) is 0 Å². The van der Waals surface area contributed by atoms with Gasteiger partial charge in [-0.15, -0.1) is 0 Å². The second-order valence-electron chi connectivity index (χ2n) is 8.91. The molecule has 6 nitrogen and oxygen atoms in total. The van der Waals surface area contributed by atoms with Crippen LogP contribution in [0.15, 0.2) is 24.3 Å². The first-order valence-electron chi connectivity index (χ1n) is 10.4. The third kappa shape index (κ3) is 3.77.